The molecule has 0 aromatic heterocycles. The van der Waals surface area contributed by atoms with Gasteiger partial charge in [-0.1, -0.05) is 0 Å². The minimum atomic E-state index is -1.43. The Bertz CT molecular complexity index is 643. The lowest BCUT2D eigenvalue weighted by molar-refractivity contribution is -0.160. The van der Waals surface area contributed by atoms with Crippen molar-refractivity contribution in [1.29, 1.82) is 0 Å². The number of carboxylic acid groups (broad SMARTS) is 1. The summed E-state index contributed by atoms with van der Waals surface area (Å²) in [5, 5.41) is 25.8. The molecule has 1 amide bonds. The Kier molecular flexibility index (Phi) is 6.87. The molecule has 0 aromatic carbocycles. The smallest absolute Gasteiger partial charge is 0.449 e. The molecule has 0 aromatic rings. The van der Waals surface area contributed by atoms with Gasteiger partial charge in [-0.2, -0.15) is 0 Å². The lowest BCUT2D eigenvalue weighted by Crippen LogP contribution is -2.61. The van der Waals surface area contributed by atoms with Crippen molar-refractivity contribution >= 4 is 23.8 Å². The first kappa shape index (κ1) is 21.4. The maximum atomic E-state index is 12.4. The van der Waals surface area contributed by atoms with Gasteiger partial charge in [0.1, 0.15) is 0 Å². The van der Waals surface area contributed by atoms with E-state index in [4.69, 9.17) is 14.6 Å². The van der Waals surface area contributed by atoms with Crippen LogP contribution in [0.3, 0.4) is 0 Å². The standard InChI is InChI=1S/C18H29N3O6S/c1-9(22)15-12-7-14(17(27-18(24)25)21(12)16(15)23)28-10-6-11(20-8-10)13(26-3)4-5-19-2/h9-13,15,19-20,22H,4-8H2,1-3H3,(H,24,25)/t9-,10+,11+,12-,13-,15-/m1/s1. The van der Waals surface area contributed by atoms with E-state index in [0.29, 0.717) is 6.42 Å². The van der Waals surface area contributed by atoms with Gasteiger partial charge in [0.15, 0.2) is 0 Å². The number of nitrogens with one attached hydrogen (secondary N) is 2. The summed E-state index contributed by atoms with van der Waals surface area (Å²) in [6.45, 7) is 3.23. The van der Waals surface area contributed by atoms with Crippen LogP contribution in [0.15, 0.2) is 10.8 Å². The van der Waals surface area contributed by atoms with Crippen LogP contribution in [0.2, 0.25) is 0 Å². The number of amides is 1. The van der Waals surface area contributed by atoms with E-state index in [9.17, 15) is 14.7 Å². The highest BCUT2D eigenvalue weighted by molar-refractivity contribution is 8.03. The van der Waals surface area contributed by atoms with Crippen LogP contribution in [0.5, 0.6) is 0 Å². The van der Waals surface area contributed by atoms with Crippen molar-refractivity contribution in [1.82, 2.24) is 15.5 Å². The Morgan fingerprint density at radius 3 is 2.86 bits per heavy atom. The fraction of sp³-hybridized carbons (Fsp3) is 0.778. The SMILES string of the molecule is CNCC[C@@H](OC)[C@@H]1C[C@H](SC2=C(OC(=O)O)N3C(=O)[C@H]([C@@H](C)O)[C@H]3C2)CN1. The molecule has 0 unspecified atom stereocenters. The van der Waals surface area contributed by atoms with Gasteiger partial charge in [0.05, 0.1) is 24.2 Å². The van der Waals surface area contributed by atoms with Crippen molar-refractivity contribution in [3.63, 3.8) is 0 Å². The molecule has 0 spiro atoms. The van der Waals surface area contributed by atoms with Gasteiger partial charge in [-0.15, -0.1) is 11.8 Å². The van der Waals surface area contributed by atoms with E-state index in [1.54, 1.807) is 25.8 Å². The number of nitrogens with zero attached hydrogens (tertiary/aromatic N) is 1. The highest BCUT2D eigenvalue weighted by Gasteiger charge is 2.57. The molecule has 3 aliphatic heterocycles. The molecule has 2 fully saturated rings. The highest BCUT2D eigenvalue weighted by Crippen LogP contribution is 2.49. The van der Waals surface area contributed by atoms with E-state index in [1.807, 2.05) is 7.05 Å². The lowest BCUT2D eigenvalue weighted by atomic mass is 9.84. The zero-order valence-corrected chi connectivity index (χ0v) is 17.2. The number of thioether (sulfide) groups is 1. The van der Waals surface area contributed by atoms with Crippen molar-refractivity contribution in [2.75, 3.05) is 27.2 Å². The molecule has 0 saturated carbocycles. The number of hydrogen-bond acceptors (Lipinski definition) is 8. The van der Waals surface area contributed by atoms with Crippen LogP contribution < -0.4 is 10.6 Å². The molecule has 3 heterocycles. The number of methoxy groups -OCH3 is 1. The van der Waals surface area contributed by atoms with Gasteiger partial charge < -0.3 is 30.3 Å². The van der Waals surface area contributed by atoms with E-state index in [-0.39, 0.29) is 35.2 Å². The lowest BCUT2D eigenvalue weighted by Gasteiger charge is -2.44. The Morgan fingerprint density at radius 1 is 1.50 bits per heavy atom. The number of aliphatic hydroxyl groups excluding tert-OH is 1. The van der Waals surface area contributed by atoms with Crippen LogP contribution in [-0.4, -0.2) is 84.0 Å². The maximum absolute atomic E-state index is 12.4. The van der Waals surface area contributed by atoms with Crippen molar-refractivity contribution in [3.8, 4) is 0 Å². The minimum Gasteiger partial charge on any atom is -0.449 e. The van der Waals surface area contributed by atoms with Crippen molar-refractivity contribution in [2.24, 2.45) is 5.92 Å². The average Bonchev–Trinajstić information content (AvgIpc) is 3.18. The summed E-state index contributed by atoms with van der Waals surface area (Å²) < 4.78 is 10.6. The molecule has 0 radical (unpaired) electrons. The number of hydrogen-bond donors (Lipinski definition) is 4. The summed E-state index contributed by atoms with van der Waals surface area (Å²) in [5.41, 5.74) is 0. The molecular weight excluding hydrogens is 386 g/mol. The summed E-state index contributed by atoms with van der Waals surface area (Å²) in [6.07, 6.45) is 0.204. The van der Waals surface area contributed by atoms with Crippen LogP contribution in [0, 0.1) is 5.92 Å². The predicted molar refractivity (Wildman–Crippen MR) is 104 cm³/mol. The van der Waals surface area contributed by atoms with Gasteiger partial charge in [-0.3, -0.25) is 9.69 Å². The fourth-order valence-electron chi connectivity index (χ4n) is 4.34. The molecule has 0 aliphatic carbocycles. The van der Waals surface area contributed by atoms with Crippen molar-refractivity contribution < 1.29 is 29.3 Å². The van der Waals surface area contributed by atoms with Crippen molar-refractivity contribution in [2.45, 2.75) is 55.7 Å². The molecule has 6 atom stereocenters. The van der Waals surface area contributed by atoms with E-state index in [2.05, 4.69) is 10.6 Å². The molecule has 3 rings (SSSR count). The summed E-state index contributed by atoms with van der Waals surface area (Å²) in [4.78, 5) is 25.6. The van der Waals surface area contributed by atoms with E-state index in [0.717, 1.165) is 30.8 Å². The third-order valence-corrected chi connectivity index (χ3v) is 7.01. The van der Waals surface area contributed by atoms with E-state index in [1.165, 1.54) is 4.90 Å². The summed E-state index contributed by atoms with van der Waals surface area (Å²) >= 11 is 1.57. The van der Waals surface area contributed by atoms with Crippen LogP contribution in [-0.2, 0) is 14.3 Å². The van der Waals surface area contributed by atoms with Gasteiger partial charge in [0.25, 0.3) is 0 Å². The molecule has 4 N–H and O–H groups in total. The molecule has 3 aliphatic rings. The first-order valence-corrected chi connectivity index (χ1v) is 10.5. The van der Waals surface area contributed by atoms with Crippen LogP contribution in [0.25, 0.3) is 0 Å². The number of β-lactam (4-membered cyclic amide) rings is 1. The second-order valence-corrected chi connectivity index (χ2v) is 8.89. The summed E-state index contributed by atoms with van der Waals surface area (Å²) in [5.74, 6) is -0.661. The topological polar surface area (TPSA) is 120 Å². The fourth-order valence-corrected chi connectivity index (χ4v) is 5.73. The highest BCUT2D eigenvalue weighted by atomic mass is 32.2. The number of carbonyl (C=O) groups excluding carboxylic acids is 1. The number of ether oxygens (including phenoxy) is 2. The number of aliphatic hydroxyl groups is 1. The first-order valence-electron chi connectivity index (χ1n) is 9.59. The number of fused-ring (bicyclic) bond motifs is 1. The Hall–Kier alpha value is -1.33. The zero-order chi connectivity index (χ0) is 20.4. The molecule has 158 valence electrons. The molecule has 9 nitrogen and oxygen atoms in total. The second-order valence-electron chi connectivity index (χ2n) is 7.50. The Morgan fingerprint density at radius 2 is 2.25 bits per heavy atom. The summed E-state index contributed by atoms with van der Waals surface area (Å²) in [7, 11) is 3.63. The monoisotopic (exact) mass is 415 g/mol. The van der Waals surface area contributed by atoms with Gasteiger partial charge in [0.2, 0.25) is 11.8 Å². The zero-order valence-electron chi connectivity index (χ0n) is 16.4. The van der Waals surface area contributed by atoms with Gasteiger partial charge in [-0.05, 0) is 33.4 Å². The molecular formula is C18H29N3O6S. The first-order chi connectivity index (χ1) is 13.4. The molecule has 2 saturated heterocycles. The van der Waals surface area contributed by atoms with E-state index < -0.39 is 18.2 Å². The van der Waals surface area contributed by atoms with Crippen LogP contribution in [0.4, 0.5) is 4.79 Å². The largest absolute Gasteiger partial charge is 0.512 e. The predicted octanol–water partition coefficient (Wildman–Crippen LogP) is 0.550. The average molecular weight is 416 g/mol. The number of rotatable bonds is 9. The molecule has 0 bridgehead atoms. The third-order valence-electron chi connectivity index (χ3n) is 5.69. The number of carbonyl (C=O) groups is 2. The molecule has 10 heteroatoms. The van der Waals surface area contributed by atoms with Gasteiger partial charge in [0, 0.05) is 36.3 Å². The van der Waals surface area contributed by atoms with Crippen molar-refractivity contribution in [3.05, 3.63) is 10.8 Å². The Balaban J connectivity index is 1.66. The quantitative estimate of drug-likeness (QED) is 0.316. The molecule has 28 heavy (non-hydrogen) atoms. The second kappa shape index (κ2) is 9.00. The van der Waals surface area contributed by atoms with E-state index >= 15 is 0 Å². The van der Waals surface area contributed by atoms with Crippen LogP contribution >= 0.6 is 11.8 Å². The van der Waals surface area contributed by atoms with Crippen LogP contribution in [0.1, 0.15) is 26.2 Å². The Labute approximate surface area is 168 Å². The third kappa shape index (κ3) is 4.16. The van der Waals surface area contributed by atoms with Gasteiger partial charge in [-0.25, -0.2) is 4.79 Å². The van der Waals surface area contributed by atoms with Gasteiger partial charge >= 0.3 is 6.16 Å². The normalized spacial score (nSPS) is 31.6. The minimum absolute atomic E-state index is 0.103. The maximum Gasteiger partial charge on any atom is 0.512 e. The summed E-state index contributed by atoms with van der Waals surface area (Å²) in [6, 6.07) is 0.00225.